The van der Waals surface area contributed by atoms with Crippen LogP contribution in [0.1, 0.15) is 26.2 Å². The predicted molar refractivity (Wildman–Crippen MR) is 50.6 cm³/mol. The lowest BCUT2D eigenvalue weighted by atomic mass is 10.1. The van der Waals surface area contributed by atoms with E-state index >= 15 is 0 Å². The van der Waals surface area contributed by atoms with E-state index in [1.807, 2.05) is 6.92 Å². The molecule has 13 heavy (non-hydrogen) atoms. The molecule has 0 aliphatic carbocycles. The van der Waals surface area contributed by atoms with Crippen molar-refractivity contribution in [1.29, 1.82) is 0 Å². The third kappa shape index (κ3) is 2.83. The van der Waals surface area contributed by atoms with Crippen LogP contribution in [0.3, 0.4) is 0 Å². The summed E-state index contributed by atoms with van der Waals surface area (Å²) in [6.07, 6.45) is 1.06. The Morgan fingerprint density at radius 2 is 2.46 bits per heavy atom. The van der Waals surface area contributed by atoms with E-state index < -0.39 is 11.5 Å². The summed E-state index contributed by atoms with van der Waals surface area (Å²) >= 11 is 5.78. The van der Waals surface area contributed by atoms with Crippen molar-refractivity contribution in [2.45, 2.75) is 37.7 Å². The first-order valence-electron chi connectivity index (χ1n) is 4.72. The van der Waals surface area contributed by atoms with E-state index in [-0.39, 0.29) is 12.5 Å². The predicted octanol–water partition coefficient (Wildman–Crippen LogP) is 1.96. The number of piperidine rings is 1. The summed E-state index contributed by atoms with van der Waals surface area (Å²) < 4.78 is 12.9. The quantitative estimate of drug-likeness (QED) is 0.634. The second-order valence-electron chi connectivity index (χ2n) is 3.40. The van der Waals surface area contributed by atoms with Gasteiger partial charge in [0, 0.05) is 6.54 Å². The number of hydrogen-bond acceptors (Lipinski definition) is 1. The molecule has 0 aromatic heterocycles. The van der Waals surface area contributed by atoms with Crippen molar-refractivity contribution in [3.63, 3.8) is 0 Å². The molecule has 0 saturated carbocycles. The Morgan fingerprint density at radius 3 is 3.00 bits per heavy atom. The normalized spacial score (nSPS) is 25.8. The Kier molecular flexibility index (Phi) is 3.97. The number of amides is 1. The van der Waals surface area contributed by atoms with E-state index in [2.05, 4.69) is 0 Å². The lowest BCUT2D eigenvalue weighted by Gasteiger charge is -2.30. The third-order valence-electron chi connectivity index (χ3n) is 2.30. The second-order valence-corrected chi connectivity index (χ2v) is 3.93. The first-order valence-corrected chi connectivity index (χ1v) is 5.15. The molecule has 4 heteroatoms. The Morgan fingerprint density at radius 1 is 1.77 bits per heavy atom. The molecule has 1 saturated heterocycles. The zero-order valence-corrected chi connectivity index (χ0v) is 8.56. The molecule has 76 valence electrons. The highest BCUT2D eigenvalue weighted by atomic mass is 35.5. The monoisotopic (exact) mass is 207 g/mol. The van der Waals surface area contributed by atoms with Gasteiger partial charge in [-0.2, -0.15) is 0 Å². The summed E-state index contributed by atoms with van der Waals surface area (Å²) in [5, 5.41) is -0.481. The molecule has 0 N–H and O–H groups in total. The Hall–Kier alpha value is -0.310. The summed E-state index contributed by atoms with van der Waals surface area (Å²) in [4.78, 5) is 13.0. The fourth-order valence-electron chi connectivity index (χ4n) is 1.50. The number of rotatable bonds is 2. The molecular formula is C9H15ClFNO. The van der Waals surface area contributed by atoms with Gasteiger partial charge in [-0.1, -0.05) is 6.92 Å². The van der Waals surface area contributed by atoms with Crippen LogP contribution in [0.15, 0.2) is 0 Å². The van der Waals surface area contributed by atoms with Crippen LogP contribution >= 0.6 is 11.6 Å². The van der Waals surface area contributed by atoms with Gasteiger partial charge in [-0.05, 0) is 19.3 Å². The van der Waals surface area contributed by atoms with Crippen LogP contribution in [0.25, 0.3) is 0 Å². The minimum Gasteiger partial charge on any atom is -0.339 e. The van der Waals surface area contributed by atoms with Gasteiger partial charge in [0.15, 0.2) is 0 Å². The molecule has 1 aliphatic rings. The number of carbonyl (C=O) groups excluding carboxylic acids is 1. The van der Waals surface area contributed by atoms with Crippen molar-refractivity contribution in [3.05, 3.63) is 0 Å². The molecule has 1 rings (SSSR count). The number of hydrogen-bond donors (Lipinski definition) is 0. The molecule has 2 atom stereocenters. The number of nitrogens with zero attached hydrogens (tertiary/aromatic N) is 1. The molecule has 0 aromatic carbocycles. The maximum Gasteiger partial charge on any atom is 0.240 e. The lowest BCUT2D eigenvalue weighted by molar-refractivity contribution is -0.132. The van der Waals surface area contributed by atoms with Crippen LogP contribution in [0.2, 0.25) is 0 Å². The second kappa shape index (κ2) is 4.80. The third-order valence-corrected chi connectivity index (χ3v) is 2.80. The first-order chi connectivity index (χ1) is 6.15. The molecule has 2 unspecified atom stereocenters. The highest BCUT2D eigenvalue weighted by molar-refractivity contribution is 6.30. The molecular weight excluding hydrogens is 193 g/mol. The SMILES string of the molecule is CCC(Cl)C(=O)N1CCCC(F)C1. The Labute approximate surface area is 83.0 Å². The van der Waals surface area contributed by atoms with E-state index in [9.17, 15) is 9.18 Å². The van der Waals surface area contributed by atoms with Crippen molar-refractivity contribution < 1.29 is 9.18 Å². The fourth-order valence-corrected chi connectivity index (χ4v) is 1.64. The van der Waals surface area contributed by atoms with Crippen LogP contribution in [0.4, 0.5) is 4.39 Å². The minimum absolute atomic E-state index is 0.119. The van der Waals surface area contributed by atoms with Crippen molar-refractivity contribution in [2.75, 3.05) is 13.1 Å². The first kappa shape index (κ1) is 10.8. The van der Waals surface area contributed by atoms with Gasteiger partial charge < -0.3 is 4.90 Å². The Balaban J connectivity index is 2.46. The molecule has 0 aromatic rings. The van der Waals surface area contributed by atoms with Gasteiger partial charge in [-0.25, -0.2) is 4.39 Å². The highest BCUT2D eigenvalue weighted by Crippen LogP contribution is 2.16. The topological polar surface area (TPSA) is 20.3 Å². The van der Waals surface area contributed by atoms with Gasteiger partial charge in [-0.3, -0.25) is 4.79 Å². The van der Waals surface area contributed by atoms with Gasteiger partial charge in [-0.15, -0.1) is 11.6 Å². The largest absolute Gasteiger partial charge is 0.339 e. The van der Waals surface area contributed by atoms with Crippen LogP contribution in [-0.4, -0.2) is 35.4 Å². The summed E-state index contributed by atoms with van der Waals surface area (Å²) in [7, 11) is 0. The van der Waals surface area contributed by atoms with Crippen molar-refractivity contribution in [2.24, 2.45) is 0 Å². The van der Waals surface area contributed by atoms with Crippen LogP contribution in [-0.2, 0) is 4.79 Å². The van der Waals surface area contributed by atoms with E-state index in [0.717, 1.165) is 6.42 Å². The van der Waals surface area contributed by atoms with Gasteiger partial charge >= 0.3 is 0 Å². The molecule has 1 heterocycles. The molecule has 1 amide bonds. The molecule has 0 bridgehead atoms. The molecule has 2 nitrogen and oxygen atoms in total. The van der Waals surface area contributed by atoms with E-state index in [0.29, 0.717) is 19.4 Å². The van der Waals surface area contributed by atoms with E-state index in [1.54, 1.807) is 0 Å². The fraction of sp³-hybridized carbons (Fsp3) is 0.889. The van der Waals surface area contributed by atoms with Gasteiger partial charge in [0.25, 0.3) is 0 Å². The zero-order valence-electron chi connectivity index (χ0n) is 7.80. The highest BCUT2D eigenvalue weighted by Gasteiger charge is 2.26. The van der Waals surface area contributed by atoms with Gasteiger partial charge in [0.1, 0.15) is 11.5 Å². The van der Waals surface area contributed by atoms with Crippen LogP contribution < -0.4 is 0 Å². The number of carbonyl (C=O) groups is 1. The number of likely N-dealkylation sites (tertiary alicyclic amines) is 1. The molecule has 0 radical (unpaired) electrons. The van der Waals surface area contributed by atoms with Crippen molar-refractivity contribution in [3.8, 4) is 0 Å². The van der Waals surface area contributed by atoms with E-state index in [1.165, 1.54) is 4.90 Å². The standard InChI is InChI=1S/C9H15ClFNO/c1-2-8(10)9(13)12-5-3-4-7(11)6-12/h7-8H,2-6H2,1H3. The van der Waals surface area contributed by atoms with Gasteiger partial charge in [0.05, 0.1) is 6.54 Å². The average molecular weight is 208 g/mol. The average Bonchev–Trinajstić information content (AvgIpc) is 2.15. The van der Waals surface area contributed by atoms with Crippen molar-refractivity contribution >= 4 is 17.5 Å². The summed E-state index contributed by atoms with van der Waals surface area (Å²) in [6, 6.07) is 0. The maximum atomic E-state index is 12.9. The van der Waals surface area contributed by atoms with Gasteiger partial charge in [0.2, 0.25) is 5.91 Å². The Bertz CT molecular complexity index is 188. The summed E-state index contributed by atoms with van der Waals surface area (Å²) in [5.41, 5.74) is 0. The molecule has 1 fully saturated rings. The minimum atomic E-state index is -0.863. The van der Waals surface area contributed by atoms with Crippen LogP contribution in [0.5, 0.6) is 0 Å². The lowest BCUT2D eigenvalue weighted by Crippen LogP contribution is -2.44. The summed E-state index contributed by atoms with van der Waals surface area (Å²) in [5.74, 6) is -0.119. The maximum absolute atomic E-state index is 12.9. The zero-order chi connectivity index (χ0) is 9.84. The van der Waals surface area contributed by atoms with Crippen LogP contribution in [0, 0.1) is 0 Å². The summed E-state index contributed by atoms with van der Waals surface area (Å²) in [6.45, 7) is 2.73. The number of halogens is 2. The number of alkyl halides is 2. The molecule has 1 aliphatic heterocycles. The van der Waals surface area contributed by atoms with Crippen molar-refractivity contribution in [1.82, 2.24) is 4.90 Å². The molecule has 0 spiro atoms. The van der Waals surface area contributed by atoms with E-state index in [4.69, 9.17) is 11.6 Å². The smallest absolute Gasteiger partial charge is 0.240 e.